The first-order chi connectivity index (χ1) is 9.95. The lowest BCUT2D eigenvalue weighted by Gasteiger charge is -2.33. The standard InChI is InChI=1S/C17H18F4/c1-2-10-3-5-11(6-4-10)13-9-12-7-8-14(18)16(19)15(12)17(13,20)21/h2,7-8,10-11,13H,1,3-6,9H2. The fraction of sp³-hybridized carbons (Fsp3) is 0.529. The Labute approximate surface area is 121 Å². The van der Waals surface area contributed by atoms with E-state index in [1.165, 1.54) is 6.07 Å². The summed E-state index contributed by atoms with van der Waals surface area (Å²) in [5.74, 6) is -6.48. The van der Waals surface area contributed by atoms with Gasteiger partial charge >= 0.3 is 0 Å². The van der Waals surface area contributed by atoms with Crippen molar-refractivity contribution in [3.05, 3.63) is 47.5 Å². The molecule has 0 aliphatic heterocycles. The second kappa shape index (κ2) is 5.15. The van der Waals surface area contributed by atoms with E-state index < -0.39 is 29.0 Å². The molecule has 1 aromatic rings. The van der Waals surface area contributed by atoms with Gasteiger partial charge in [0.15, 0.2) is 11.6 Å². The second-order valence-electron chi connectivity index (χ2n) is 6.24. The Kier molecular flexibility index (Phi) is 3.58. The molecule has 0 N–H and O–H groups in total. The van der Waals surface area contributed by atoms with Crippen LogP contribution in [0.5, 0.6) is 0 Å². The van der Waals surface area contributed by atoms with Crippen LogP contribution in [-0.2, 0) is 12.3 Å². The van der Waals surface area contributed by atoms with Gasteiger partial charge in [-0.25, -0.2) is 17.6 Å². The molecule has 114 valence electrons. The molecule has 1 atom stereocenters. The summed E-state index contributed by atoms with van der Waals surface area (Å²) in [6, 6.07) is 2.25. The van der Waals surface area contributed by atoms with Crippen LogP contribution >= 0.6 is 0 Å². The lowest BCUT2D eigenvalue weighted by Crippen LogP contribution is -2.31. The van der Waals surface area contributed by atoms with Crippen molar-refractivity contribution in [2.75, 3.05) is 0 Å². The lowest BCUT2D eigenvalue weighted by atomic mass is 9.74. The molecule has 0 spiro atoms. The zero-order chi connectivity index (χ0) is 15.2. The fourth-order valence-electron chi connectivity index (χ4n) is 3.92. The summed E-state index contributed by atoms with van der Waals surface area (Å²) in [7, 11) is 0. The topological polar surface area (TPSA) is 0 Å². The Hall–Kier alpha value is -1.32. The molecule has 2 aliphatic carbocycles. The van der Waals surface area contributed by atoms with E-state index in [1.54, 1.807) is 0 Å². The molecule has 1 aromatic carbocycles. The maximum atomic E-state index is 14.6. The summed E-state index contributed by atoms with van der Waals surface area (Å²) in [4.78, 5) is 0. The van der Waals surface area contributed by atoms with Gasteiger partial charge in [0.05, 0.1) is 5.56 Å². The summed E-state index contributed by atoms with van der Waals surface area (Å²) in [6.07, 6.45) is 5.14. The van der Waals surface area contributed by atoms with E-state index in [2.05, 4.69) is 6.58 Å². The maximum absolute atomic E-state index is 14.6. The number of benzene rings is 1. The first-order valence-corrected chi connectivity index (χ1v) is 7.42. The van der Waals surface area contributed by atoms with Crippen molar-refractivity contribution in [1.82, 2.24) is 0 Å². The van der Waals surface area contributed by atoms with Crippen LogP contribution in [0.2, 0.25) is 0 Å². The molecule has 0 nitrogen and oxygen atoms in total. The van der Waals surface area contributed by atoms with E-state index in [4.69, 9.17) is 0 Å². The van der Waals surface area contributed by atoms with E-state index in [0.717, 1.165) is 18.9 Å². The van der Waals surface area contributed by atoms with Crippen LogP contribution in [0.4, 0.5) is 17.6 Å². The van der Waals surface area contributed by atoms with Gasteiger partial charge in [-0.15, -0.1) is 6.58 Å². The number of halogens is 4. The molecule has 0 bridgehead atoms. The average Bonchev–Trinajstić information content (AvgIpc) is 2.75. The fourth-order valence-corrected chi connectivity index (χ4v) is 3.92. The zero-order valence-corrected chi connectivity index (χ0v) is 11.7. The third-order valence-corrected chi connectivity index (χ3v) is 5.14. The summed E-state index contributed by atoms with van der Waals surface area (Å²) in [6.45, 7) is 3.75. The van der Waals surface area contributed by atoms with Crippen LogP contribution in [0.1, 0.15) is 36.8 Å². The Balaban J connectivity index is 1.87. The molecule has 2 aliphatic rings. The number of hydrogen-bond donors (Lipinski definition) is 0. The zero-order valence-electron chi connectivity index (χ0n) is 11.7. The quantitative estimate of drug-likeness (QED) is 0.518. The van der Waals surface area contributed by atoms with Crippen LogP contribution in [0.15, 0.2) is 24.8 Å². The number of alkyl halides is 2. The molecule has 0 radical (unpaired) electrons. The summed E-state index contributed by atoms with van der Waals surface area (Å²) in [5, 5.41) is 0. The first-order valence-electron chi connectivity index (χ1n) is 7.42. The Morgan fingerprint density at radius 3 is 2.38 bits per heavy atom. The summed E-state index contributed by atoms with van der Waals surface area (Å²) in [5.41, 5.74) is -0.451. The van der Waals surface area contributed by atoms with Crippen molar-refractivity contribution < 1.29 is 17.6 Å². The predicted octanol–water partition coefficient (Wildman–Crippen LogP) is 5.22. The van der Waals surface area contributed by atoms with Crippen molar-refractivity contribution in [3.63, 3.8) is 0 Å². The van der Waals surface area contributed by atoms with Crippen molar-refractivity contribution in [1.29, 1.82) is 0 Å². The van der Waals surface area contributed by atoms with Gasteiger partial charge in [0.2, 0.25) is 0 Å². The van der Waals surface area contributed by atoms with Gasteiger partial charge in [-0.05, 0) is 55.6 Å². The van der Waals surface area contributed by atoms with Gasteiger partial charge in [-0.3, -0.25) is 0 Å². The molecule has 1 saturated carbocycles. The van der Waals surface area contributed by atoms with E-state index >= 15 is 0 Å². The van der Waals surface area contributed by atoms with Crippen LogP contribution in [0.25, 0.3) is 0 Å². The highest BCUT2D eigenvalue weighted by Gasteiger charge is 2.53. The second-order valence-corrected chi connectivity index (χ2v) is 6.24. The SMILES string of the molecule is C=CC1CCC(C2Cc3ccc(F)c(F)c3C2(F)F)CC1. The molecule has 1 fully saturated rings. The van der Waals surface area contributed by atoms with Gasteiger partial charge in [0.1, 0.15) is 0 Å². The minimum Gasteiger partial charge on any atom is -0.204 e. The largest absolute Gasteiger partial charge is 0.279 e. The highest BCUT2D eigenvalue weighted by Crippen LogP contribution is 2.53. The predicted molar refractivity (Wildman–Crippen MR) is 73.1 cm³/mol. The number of hydrogen-bond acceptors (Lipinski definition) is 0. The molecule has 21 heavy (non-hydrogen) atoms. The Morgan fingerprint density at radius 1 is 1.10 bits per heavy atom. The van der Waals surface area contributed by atoms with E-state index in [1.807, 2.05) is 6.08 Å². The van der Waals surface area contributed by atoms with Crippen LogP contribution < -0.4 is 0 Å². The molecular weight excluding hydrogens is 280 g/mol. The van der Waals surface area contributed by atoms with Gasteiger partial charge in [0, 0.05) is 5.92 Å². The number of fused-ring (bicyclic) bond motifs is 1. The highest BCUT2D eigenvalue weighted by atomic mass is 19.3. The number of allylic oxidation sites excluding steroid dienone is 1. The normalized spacial score (nSPS) is 31.0. The smallest absolute Gasteiger partial charge is 0.204 e. The van der Waals surface area contributed by atoms with Gasteiger partial charge in [0.25, 0.3) is 5.92 Å². The van der Waals surface area contributed by atoms with Gasteiger partial charge < -0.3 is 0 Å². The van der Waals surface area contributed by atoms with E-state index in [9.17, 15) is 17.6 Å². The van der Waals surface area contributed by atoms with Gasteiger partial charge in [-0.1, -0.05) is 12.1 Å². The molecular formula is C17H18F4. The monoisotopic (exact) mass is 298 g/mol. The molecule has 0 aromatic heterocycles. The summed E-state index contributed by atoms with van der Waals surface area (Å²) >= 11 is 0. The van der Waals surface area contributed by atoms with Crippen molar-refractivity contribution >= 4 is 0 Å². The van der Waals surface area contributed by atoms with Crippen molar-refractivity contribution in [3.8, 4) is 0 Å². The summed E-state index contributed by atoms with van der Waals surface area (Å²) < 4.78 is 56.2. The molecule has 0 heterocycles. The van der Waals surface area contributed by atoms with E-state index in [0.29, 0.717) is 18.8 Å². The van der Waals surface area contributed by atoms with Gasteiger partial charge in [-0.2, -0.15) is 0 Å². The molecule has 3 rings (SSSR count). The van der Waals surface area contributed by atoms with Crippen molar-refractivity contribution in [2.24, 2.45) is 17.8 Å². The van der Waals surface area contributed by atoms with Crippen LogP contribution in [-0.4, -0.2) is 0 Å². The minimum atomic E-state index is -3.27. The third kappa shape index (κ3) is 2.29. The van der Waals surface area contributed by atoms with E-state index in [-0.39, 0.29) is 17.9 Å². The molecule has 0 saturated heterocycles. The lowest BCUT2D eigenvalue weighted by molar-refractivity contribution is -0.0834. The average molecular weight is 298 g/mol. The number of rotatable bonds is 2. The first kappa shape index (κ1) is 14.6. The van der Waals surface area contributed by atoms with Crippen LogP contribution in [0, 0.1) is 29.4 Å². The molecule has 4 heteroatoms. The highest BCUT2D eigenvalue weighted by molar-refractivity contribution is 5.39. The Bertz CT molecular complexity index is 556. The van der Waals surface area contributed by atoms with Crippen LogP contribution in [0.3, 0.4) is 0 Å². The maximum Gasteiger partial charge on any atom is 0.279 e. The molecule has 1 unspecified atom stereocenters. The minimum absolute atomic E-state index is 0.133. The Morgan fingerprint density at radius 2 is 1.76 bits per heavy atom. The third-order valence-electron chi connectivity index (χ3n) is 5.14. The molecule has 0 amide bonds. The van der Waals surface area contributed by atoms with Crippen molar-refractivity contribution in [2.45, 2.75) is 38.0 Å².